The number of hydrogen-bond acceptors (Lipinski definition) is 4. The van der Waals surface area contributed by atoms with Gasteiger partial charge in [-0.1, -0.05) is 29.8 Å². The molecule has 0 saturated carbocycles. The molecule has 0 fully saturated rings. The zero-order valence-electron chi connectivity index (χ0n) is 12.5. The fourth-order valence-corrected chi connectivity index (χ4v) is 3.03. The molecule has 20 heavy (non-hydrogen) atoms. The van der Waals surface area contributed by atoms with Gasteiger partial charge < -0.3 is 5.32 Å². The highest BCUT2D eigenvalue weighted by atomic mass is 32.2. The Morgan fingerprint density at radius 3 is 2.65 bits per heavy atom. The number of hydrogen-bond donors (Lipinski definition) is 1. The minimum Gasteiger partial charge on any atom is -0.370 e. The summed E-state index contributed by atoms with van der Waals surface area (Å²) in [4.78, 5) is 9.02. The maximum absolute atomic E-state index is 4.56. The van der Waals surface area contributed by atoms with Gasteiger partial charge in [0.15, 0.2) is 0 Å². The standard InChI is InChI=1S/C16H21N3S/c1-5-17-15-12(3)16(19-13(4)18-15)20-10-14-8-6-7-11(2)9-14/h6-9H,5,10H2,1-4H3,(H,17,18,19). The highest BCUT2D eigenvalue weighted by molar-refractivity contribution is 7.98. The highest BCUT2D eigenvalue weighted by Crippen LogP contribution is 2.27. The molecule has 0 bridgehead atoms. The first-order valence-corrected chi connectivity index (χ1v) is 7.86. The summed E-state index contributed by atoms with van der Waals surface area (Å²) in [6.45, 7) is 9.10. The van der Waals surface area contributed by atoms with Crippen LogP contribution >= 0.6 is 11.8 Å². The van der Waals surface area contributed by atoms with Crippen LogP contribution in [0.5, 0.6) is 0 Å². The Morgan fingerprint density at radius 1 is 1.15 bits per heavy atom. The SMILES string of the molecule is CCNc1nc(C)nc(SCc2cccc(C)c2)c1C. The summed E-state index contributed by atoms with van der Waals surface area (Å²) in [5.41, 5.74) is 3.76. The molecule has 0 unspecified atom stereocenters. The Morgan fingerprint density at radius 2 is 1.95 bits per heavy atom. The molecule has 0 saturated heterocycles. The molecule has 0 aliphatic carbocycles. The van der Waals surface area contributed by atoms with Crippen LogP contribution in [0.3, 0.4) is 0 Å². The largest absolute Gasteiger partial charge is 0.370 e. The second kappa shape index (κ2) is 6.75. The highest BCUT2D eigenvalue weighted by Gasteiger charge is 2.09. The number of aryl methyl sites for hydroxylation is 2. The second-order valence-electron chi connectivity index (χ2n) is 4.86. The molecule has 0 amide bonds. The molecule has 0 radical (unpaired) electrons. The van der Waals surface area contributed by atoms with Crippen LogP contribution in [0.4, 0.5) is 5.82 Å². The summed E-state index contributed by atoms with van der Waals surface area (Å²) < 4.78 is 0. The minimum atomic E-state index is 0.818. The van der Waals surface area contributed by atoms with E-state index < -0.39 is 0 Å². The Kier molecular flexibility index (Phi) is 5.01. The molecule has 0 spiro atoms. The van der Waals surface area contributed by atoms with Crippen molar-refractivity contribution in [3.63, 3.8) is 0 Å². The third-order valence-corrected chi connectivity index (χ3v) is 4.16. The van der Waals surface area contributed by atoms with Gasteiger partial charge in [-0.05, 0) is 33.3 Å². The topological polar surface area (TPSA) is 37.8 Å². The molecule has 106 valence electrons. The van der Waals surface area contributed by atoms with Crippen molar-refractivity contribution >= 4 is 17.6 Å². The number of nitrogens with one attached hydrogen (secondary N) is 1. The summed E-state index contributed by atoms with van der Waals surface area (Å²) in [6.07, 6.45) is 0. The van der Waals surface area contributed by atoms with Crippen LogP contribution < -0.4 is 5.32 Å². The Bertz CT molecular complexity index is 596. The lowest BCUT2D eigenvalue weighted by atomic mass is 10.2. The molecule has 0 aliphatic heterocycles. The number of aromatic nitrogens is 2. The van der Waals surface area contributed by atoms with Crippen molar-refractivity contribution in [3.05, 3.63) is 46.8 Å². The van der Waals surface area contributed by atoms with Gasteiger partial charge in [0, 0.05) is 17.9 Å². The summed E-state index contributed by atoms with van der Waals surface area (Å²) in [5.74, 6) is 2.70. The lowest BCUT2D eigenvalue weighted by Crippen LogP contribution is -2.05. The molecule has 0 aliphatic rings. The zero-order chi connectivity index (χ0) is 14.5. The lowest BCUT2D eigenvalue weighted by molar-refractivity contribution is 0.932. The molecular formula is C16H21N3S. The van der Waals surface area contributed by atoms with Crippen molar-refractivity contribution in [3.8, 4) is 0 Å². The Labute approximate surface area is 125 Å². The number of anilines is 1. The van der Waals surface area contributed by atoms with Crippen molar-refractivity contribution in [1.29, 1.82) is 0 Å². The first-order chi connectivity index (χ1) is 9.60. The summed E-state index contributed by atoms with van der Waals surface area (Å²) in [6, 6.07) is 8.61. The lowest BCUT2D eigenvalue weighted by Gasteiger charge is -2.11. The second-order valence-corrected chi connectivity index (χ2v) is 5.82. The number of nitrogens with zero attached hydrogens (tertiary/aromatic N) is 2. The molecule has 1 aromatic carbocycles. The van der Waals surface area contributed by atoms with E-state index in [1.165, 1.54) is 11.1 Å². The van der Waals surface area contributed by atoms with Gasteiger partial charge in [-0.15, -0.1) is 11.8 Å². The van der Waals surface area contributed by atoms with Crippen LogP contribution in [0.2, 0.25) is 0 Å². The van der Waals surface area contributed by atoms with Crippen LogP contribution in [-0.2, 0) is 5.75 Å². The molecule has 4 heteroatoms. The predicted octanol–water partition coefficient (Wildman–Crippen LogP) is 4.13. The van der Waals surface area contributed by atoms with E-state index in [0.29, 0.717) is 0 Å². The normalized spacial score (nSPS) is 10.6. The van der Waals surface area contributed by atoms with E-state index in [-0.39, 0.29) is 0 Å². The fourth-order valence-electron chi connectivity index (χ4n) is 2.04. The average Bonchev–Trinajstić information content (AvgIpc) is 2.41. The van der Waals surface area contributed by atoms with Crippen molar-refractivity contribution in [1.82, 2.24) is 9.97 Å². The van der Waals surface area contributed by atoms with Gasteiger partial charge in [0.05, 0.1) is 0 Å². The van der Waals surface area contributed by atoms with Crippen LogP contribution in [0.25, 0.3) is 0 Å². The van der Waals surface area contributed by atoms with E-state index in [1.54, 1.807) is 11.8 Å². The van der Waals surface area contributed by atoms with Gasteiger partial charge >= 0.3 is 0 Å². The van der Waals surface area contributed by atoms with Gasteiger partial charge in [0.2, 0.25) is 0 Å². The Hall–Kier alpha value is -1.55. The van der Waals surface area contributed by atoms with E-state index in [2.05, 4.69) is 60.3 Å². The van der Waals surface area contributed by atoms with Gasteiger partial charge in [0.25, 0.3) is 0 Å². The van der Waals surface area contributed by atoms with Gasteiger partial charge in [-0.2, -0.15) is 0 Å². The number of thioether (sulfide) groups is 1. The third kappa shape index (κ3) is 3.73. The van der Waals surface area contributed by atoms with E-state index in [0.717, 1.165) is 34.5 Å². The summed E-state index contributed by atoms with van der Waals surface area (Å²) in [5, 5.41) is 4.36. The van der Waals surface area contributed by atoms with Crippen molar-refractivity contribution in [2.45, 2.75) is 38.5 Å². The summed E-state index contributed by atoms with van der Waals surface area (Å²) in [7, 11) is 0. The maximum Gasteiger partial charge on any atom is 0.133 e. The average molecular weight is 287 g/mol. The molecule has 2 rings (SSSR count). The van der Waals surface area contributed by atoms with Gasteiger partial charge in [0.1, 0.15) is 16.7 Å². The number of benzene rings is 1. The predicted molar refractivity (Wildman–Crippen MR) is 86.4 cm³/mol. The van der Waals surface area contributed by atoms with Crippen molar-refractivity contribution in [2.75, 3.05) is 11.9 Å². The van der Waals surface area contributed by atoms with E-state index in [1.807, 2.05) is 6.92 Å². The molecular weight excluding hydrogens is 266 g/mol. The molecule has 2 aromatic rings. The maximum atomic E-state index is 4.56. The third-order valence-electron chi connectivity index (χ3n) is 3.02. The minimum absolute atomic E-state index is 0.818. The first kappa shape index (κ1) is 14.9. The van der Waals surface area contributed by atoms with Gasteiger partial charge in [-0.3, -0.25) is 0 Å². The smallest absolute Gasteiger partial charge is 0.133 e. The molecule has 0 atom stereocenters. The van der Waals surface area contributed by atoms with E-state index >= 15 is 0 Å². The monoisotopic (exact) mass is 287 g/mol. The molecule has 1 aromatic heterocycles. The Balaban J connectivity index is 2.16. The van der Waals surface area contributed by atoms with Crippen molar-refractivity contribution < 1.29 is 0 Å². The van der Waals surface area contributed by atoms with Crippen LogP contribution in [-0.4, -0.2) is 16.5 Å². The first-order valence-electron chi connectivity index (χ1n) is 6.87. The summed E-state index contributed by atoms with van der Waals surface area (Å²) >= 11 is 1.77. The fraction of sp³-hybridized carbons (Fsp3) is 0.375. The van der Waals surface area contributed by atoms with Crippen LogP contribution in [0.1, 0.15) is 29.4 Å². The van der Waals surface area contributed by atoms with Crippen LogP contribution in [0.15, 0.2) is 29.3 Å². The number of rotatable bonds is 5. The molecule has 1 heterocycles. The van der Waals surface area contributed by atoms with E-state index in [9.17, 15) is 0 Å². The molecule has 3 nitrogen and oxygen atoms in total. The van der Waals surface area contributed by atoms with E-state index in [4.69, 9.17) is 0 Å². The quantitative estimate of drug-likeness (QED) is 0.663. The van der Waals surface area contributed by atoms with Crippen LogP contribution in [0, 0.1) is 20.8 Å². The zero-order valence-corrected chi connectivity index (χ0v) is 13.3. The van der Waals surface area contributed by atoms with Gasteiger partial charge in [-0.25, -0.2) is 9.97 Å². The van der Waals surface area contributed by atoms with Crippen molar-refractivity contribution in [2.24, 2.45) is 0 Å². The molecule has 1 N–H and O–H groups in total.